The maximum Gasteiger partial charge on any atom is 0.408 e. The molecule has 0 saturated heterocycles. The zero-order valence-electron chi connectivity index (χ0n) is 27.9. The van der Waals surface area contributed by atoms with Gasteiger partial charge in [0.15, 0.2) is 5.96 Å². The smallest absolute Gasteiger partial charge is 0.408 e. The maximum absolute atomic E-state index is 14.4. The molecule has 0 unspecified atom stereocenters. The summed E-state index contributed by atoms with van der Waals surface area (Å²) in [6.07, 6.45) is 3.41. The Morgan fingerprint density at radius 2 is 1.51 bits per heavy atom. The highest BCUT2D eigenvalue weighted by atomic mass is 16.5. The topological polar surface area (TPSA) is 195 Å². The van der Waals surface area contributed by atoms with E-state index in [2.05, 4.69) is 15.6 Å². The van der Waals surface area contributed by atoms with Gasteiger partial charge in [0.2, 0.25) is 11.8 Å². The Morgan fingerprint density at radius 3 is 2.11 bits per heavy atom. The van der Waals surface area contributed by atoms with E-state index in [0.717, 1.165) is 16.0 Å². The molecule has 4 amide bonds. The van der Waals surface area contributed by atoms with Crippen LogP contribution < -0.4 is 27.8 Å². The van der Waals surface area contributed by atoms with Gasteiger partial charge in [-0.1, -0.05) is 88.4 Å². The Hall–Kier alpha value is -4.71. The highest BCUT2D eigenvalue weighted by Gasteiger charge is 2.38. The Labute approximate surface area is 278 Å². The molecule has 0 heterocycles. The first-order valence-corrected chi connectivity index (χ1v) is 16.0. The number of nitrogens with two attached hydrogens (primary N) is 3. The fourth-order valence-corrected chi connectivity index (χ4v) is 4.93. The molecular formula is C35H51N7O5. The van der Waals surface area contributed by atoms with Crippen LogP contribution in [-0.4, -0.2) is 65.9 Å². The molecule has 12 heteroatoms. The number of imide groups is 1. The number of benzene rings is 2. The summed E-state index contributed by atoms with van der Waals surface area (Å²) in [5.41, 5.74) is 18.9. The number of carbonyl (C=O) groups excluding carboxylic acids is 4. The first-order chi connectivity index (χ1) is 22.4. The molecule has 0 aliphatic rings. The van der Waals surface area contributed by atoms with E-state index in [1.807, 2.05) is 88.4 Å². The maximum atomic E-state index is 14.4. The fourth-order valence-electron chi connectivity index (χ4n) is 4.93. The predicted octanol–water partition coefficient (Wildman–Crippen LogP) is 3.31. The van der Waals surface area contributed by atoms with Crippen molar-refractivity contribution in [1.82, 2.24) is 15.5 Å². The average Bonchev–Trinajstić information content (AvgIpc) is 3.03. The van der Waals surface area contributed by atoms with E-state index >= 15 is 0 Å². The van der Waals surface area contributed by atoms with Gasteiger partial charge in [0.05, 0.1) is 12.1 Å². The molecule has 0 fully saturated rings. The van der Waals surface area contributed by atoms with Gasteiger partial charge in [-0.15, -0.1) is 0 Å². The molecule has 256 valence electrons. The van der Waals surface area contributed by atoms with Gasteiger partial charge in [-0.25, -0.2) is 4.79 Å². The third kappa shape index (κ3) is 15.0. The number of hydrogen-bond acceptors (Lipinski definition) is 7. The molecule has 0 aliphatic heterocycles. The molecule has 12 nitrogen and oxygen atoms in total. The Morgan fingerprint density at radius 1 is 0.894 bits per heavy atom. The van der Waals surface area contributed by atoms with Crippen molar-refractivity contribution in [2.24, 2.45) is 34.0 Å². The van der Waals surface area contributed by atoms with Crippen molar-refractivity contribution in [2.75, 3.05) is 13.1 Å². The van der Waals surface area contributed by atoms with Crippen LogP contribution in [0.1, 0.15) is 64.5 Å². The molecule has 2 rings (SSSR count). The van der Waals surface area contributed by atoms with Crippen LogP contribution in [0.3, 0.4) is 0 Å². The SMILES string of the molecule is CC(C)C[C@@H](CNC(=O)/C=C/c1ccccc1)N(C(=O)[C@H](CCCN=C(N)N)NC(=O)OCc1ccccc1)C(=O)[C@@H](N)CC(C)C. The summed E-state index contributed by atoms with van der Waals surface area (Å²) in [4.78, 5) is 59.2. The molecular weight excluding hydrogens is 598 g/mol. The van der Waals surface area contributed by atoms with Crippen molar-refractivity contribution in [3.05, 3.63) is 77.9 Å². The summed E-state index contributed by atoms with van der Waals surface area (Å²) in [5.74, 6) is -1.60. The minimum atomic E-state index is -1.16. The van der Waals surface area contributed by atoms with Crippen molar-refractivity contribution in [3.63, 3.8) is 0 Å². The van der Waals surface area contributed by atoms with Gasteiger partial charge in [0.25, 0.3) is 5.91 Å². The summed E-state index contributed by atoms with van der Waals surface area (Å²) in [6, 6.07) is 15.6. The zero-order valence-corrected chi connectivity index (χ0v) is 27.9. The number of nitrogens with one attached hydrogen (secondary N) is 2. The van der Waals surface area contributed by atoms with Crippen molar-refractivity contribution < 1.29 is 23.9 Å². The van der Waals surface area contributed by atoms with Crippen molar-refractivity contribution in [3.8, 4) is 0 Å². The van der Waals surface area contributed by atoms with Gasteiger partial charge in [0.1, 0.15) is 12.6 Å². The molecule has 0 aromatic heterocycles. The van der Waals surface area contributed by atoms with Gasteiger partial charge < -0.3 is 32.6 Å². The second kappa shape index (κ2) is 20.4. The molecule has 0 saturated carbocycles. The minimum absolute atomic E-state index is 0.0119. The Bertz CT molecular complexity index is 1330. The Kier molecular flexibility index (Phi) is 16.7. The number of hydrogen-bond donors (Lipinski definition) is 5. The molecule has 3 atom stereocenters. The highest BCUT2D eigenvalue weighted by Crippen LogP contribution is 2.18. The van der Waals surface area contributed by atoms with Crippen LogP contribution in [0, 0.1) is 11.8 Å². The van der Waals surface area contributed by atoms with Crippen LogP contribution in [0.2, 0.25) is 0 Å². The van der Waals surface area contributed by atoms with Crippen molar-refractivity contribution >= 4 is 35.9 Å². The number of carbonyl (C=O) groups is 4. The summed E-state index contributed by atoms with van der Waals surface area (Å²) < 4.78 is 5.40. The van der Waals surface area contributed by atoms with E-state index in [9.17, 15) is 19.2 Å². The van der Waals surface area contributed by atoms with Gasteiger partial charge >= 0.3 is 6.09 Å². The molecule has 2 aromatic rings. The van der Waals surface area contributed by atoms with Crippen LogP contribution in [0.25, 0.3) is 6.08 Å². The third-order valence-electron chi connectivity index (χ3n) is 7.11. The second-order valence-corrected chi connectivity index (χ2v) is 12.3. The lowest BCUT2D eigenvalue weighted by molar-refractivity contribution is -0.151. The van der Waals surface area contributed by atoms with Crippen LogP contribution in [0.15, 0.2) is 71.7 Å². The fraction of sp³-hybridized carbons (Fsp3) is 0.457. The summed E-state index contributed by atoms with van der Waals surface area (Å²) >= 11 is 0. The van der Waals surface area contributed by atoms with Crippen molar-refractivity contribution in [2.45, 2.75) is 78.1 Å². The van der Waals surface area contributed by atoms with Gasteiger partial charge in [-0.2, -0.15) is 0 Å². The van der Waals surface area contributed by atoms with Gasteiger partial charge in [0, 0.05) is 19.2 Å². The zero-order chi connectivity index (χ0) is 34.8. The molecule has 47 heavy (non-hydrogen) atoms. The number of guanidine groups is 1. The van der Waals surface area contributed by atoms with E-state index < -0.39 is 36.0 Å². The lowest BCUT2D eigenvalue weighted by Crippen LogP contribution is -2.60. The highest BCUT2D eigenvalue weighted by molar-refractivity contribution is 6.01. The lowest BCUT2D eigenvalue weighted by atomic mass is 9.97. The lowest BCUT2D eigenvalue weighted by Gasteiger charge is -2.35. The van der Waals surface area contributed by atoms with Crippen LogP contribution >= 0.6 is 0 Å². The largest absolute Gasteiger partial charge is 0.445 e. The van der Waals surface area contributed by atoms with Gasteiger partial charge in [-0.05, 0) is 54.7 Å². The normalized spacial score (nSPS) is 13.1. The Balaban J connectivity index is 2.37. The van der Waals surface area contributed by atoms with E-state index in [0.29, 0.717) is 19.3 Å². The molecule has 0 spiro atoms. The van der Waals surface area contributed by atoms with Crippen molar-refractivity contribution in [1.29, 1.82) is 0 Å². The van der Waals surface area contributed by atoms with Gasteiger partial charge in [-0.3, -0.25) is 24.3 Å². The average molecular weight is 650 g/mol. The first kappa shape index (κ1) is 38.5. The number of ether oxygens (including phenoxy) is 1. The standard InChI is InChI=1S/C35H51N7O5/c1-24(2)20-28(22-40-31(43)18-17-26-12-7-5-8-13-26)42(32(44)29(36)21-25(3)4)33(45)30(16-11-19-39-34(37)38)41-35(46)47-23-27-14-9-6-10-15-27/h5-10,12-15,17-18,24-25,28-30H,11,16,19-23,36H2,1-4H3,(H,40,43)(H,41,46)(H4,37,38,39)/b18-17+/t28-,29-,30-/m0/s1. The van der Waals surface area contributed by atoms with Crippen LogP contribution in [0.4, 0.5) is 4.79 Å². The number of aliphatic imine (C=N–C) groups is 1. The van der Waals surface area contributed by atoms with E-state index in [1.54, 1.807) is 6.08 Å². The van der Waals surface area contributed by atoms with E-state index in [-0.39, 0.29) is 49.8 Å². The molecule has 0 bridgehead atoms. The first-order valence-electron chi connectivity index (χ1n) is 16.0. The molecule has 0 radical (unpaired) electrons. The monoisotopic (exact) mass is 649 g/mol. The summed E-state index contributed by atoms with van der Waals surface area (Å²) in [5, 5.41) is 5.49. The molecule has 8 N–H and O–H groups in total. The number of nitrogens with zero attached hydrogens (tertiary/aromatic N) is 2. The minimum Gasteiger partial charge on any atom is -0.445 e. The summed E-state index contributed by atoms with van der Waals surface area (Å²) in [7, 11) is 0. The van der Waals surface area contributed by atoms with E-state index in [4.69, 9.17) is 21.9 Å². The predicted molar refractivity (Wildman–Crippen MR) is 184 cm³/mol. The number of alkyl carbamates (subject to hydrolysis) is 1. The quantitative estimate of drug-likeness (QED) is 0.0702. The summed E-state index contributed by atoms with van der Waals surface area (Å²) in [6.45, 7) is 7.95. The third-order valence-corrected chi connectivity index (χ3v) is 7.11. The molecule has 2 aromatic carbocycles. The van der Waals surface area contributed by atoms with E-state index in [1.165, 1.54) is 6.08 Å². The van der Waals surface area contributed by atoms with Crippen LogP contribution in [-0.2, 0) is 25.7 Å². The van der Waals surface area contributed by atoms with Crippen LogP contribution in [0.5, 0.6) is 0 Å². The number of amides is 4. The second-order valence-electron chi connectivity index (χ2n) is 12.3. The number of rotatable bonds is 18. The molecule has 0 aliphatic carbocycles.